The fourth-order valence-electron chi connectivity index (χ4n) is 3.77. The number of Topliss-reactive ketones (excluding diaryl/α,β-unsaturated/α-hetero) is 1. The summed E-state index contributed by atoms with van der Waals surface area (Å²) in [7, 11) is 1.57. The van der Waals surface area contributed by atoms with E-state index in [4.69, 9.17) is 9.90 Å². The zero-order valence-corrected chi connectivity index (χ0v) is 19.9. The highest BCUT2D eigenvalue weighted by molar-refractivity contribution is 5.95. The van der Waals surface area contributed by atoms with Crippen LogP contribution in [0.4, 0.5) is 19.1 Å². The van der Waals surface area contributed by atoms with Gasteiger partial charge in [0.05, 0.1) is 6.54 Å². The summed E-state index contributed by atoms with van der Waals surface area (Å²) in [6.07, 6.45) is -3.39. The Kier molecular flexibility index (Phi) is 8.32. The van der Waals surface area contributed by atoms with Gasteiger partial charge < -0.3 is 19.9 Å². The lowest BCUT2D eigenvalue weighted by Crippen LogP contribution is -2.44. The largest absolute Gasteiger partial charge is 0.490 e. The summed E-state index contributed by atoms with van der Waals surface area (Å²) in [5, 5.41) is 10.4. The van der Waals surface area contributed by atoms with E-state index in [9.17, 15) is 27.6 Å². The van der Waals surface area contributed by atoms with Crippen molar-refractivity contribution >= 4 is 28.9 Å². The maximum atomic E-state index is 13.3. The summed E-state index contributed by atoms with van der Waals surface area (Å²) in [6.45, 7) is 6.96. The van der Waals surface area contributed by atoms with Gasteiger partial charge in [0.2, 0.25) is 5.95 Å². The molecule has 0 spiro atoms. The minimum atomic E-state index is -5.08. The fraction of sp³-hybridized carbons (Fsp3) is 0.348. The first-order valence-electron chi connectivity index (χ1n) is 11.1. The van der Waals surface area contributed by atoms with Crippen LogP contribution in [0.3, 0.4) is 0 Å². The summed E-state index contributed by atoms with van der Waals surface area (Å²) in [5.41, 5.74) is -0.0251. The number of piperazine rings is 1. The molecule has 0 bridgehead atoms. The van der Waals surface area contributed by atoms with Gasteiger partial charge in [-0.05, 0) is 0 Å². The number of allylic oxidation sites excluding steroid dienone is 1. The van der Waals surface area contributed by atoms with Gasteiger partial charge in [0.25, 0.3) is 5.56 Å². The molecule has 2 aromatic heterocycles. The van der Waals surface area contributed by atoms with Gasteiger partial charge in [-0.2, -0.15) is 18.2 Å². The van der Waals surface area contributed by atoms with Crippen LogP contribution in [0.2, 0.25) is 0 Å². The van der Waals surface area contributed by atoms with Crippen LogP contribution in [-0.2, 0) is 24.9 Å². The van der Waals surface area contributed by atoms with Gasteiger partial charge in [0.15, 0.2) is 16.9 Å². The number of imidazole rings is 1. The molecular weight excluding hydrogens is 497 g/mol. The van der Waals surface area contributed by atoms with E-state index in [-0.39, 0.29) is 12.3 Å². The Morgan fingerprint density at radius 2 is 1.73 bits per heavy atom. The first-order chi connectivity index (χ1) is 17.5. The van der Waals surface area contributed by atoms with Gasteiger partial charge in [0, 0.05) is 45.3 Å². The van der Waals surface area contributed by atoms with Crippen LogP contribution < -0.4 is 21.5 Å². The van der Waals surface area contributed by atoms with Gasteiger partial charge in [-0.15, -0.1) is 6.58 Å². The highest BCUT2D eigenvalue weighted by atomic mass is 19.4. The molecule has 1 aliphatic heterocycles. The number of aryl methyl sites for hydroxylation is 1. The van der Waals surface area contributed by atoms with E-state index >= 15 is 0 Å². The average molecular weight is 522 g/mol. The minimum absolute atomic E-state index is 0.298. The number of aromatic nitrogens is 4. The molecule has 11 nitrogen and oxygen atoms in total. The molecule has 1 aromatic carbocycles. The SMILES string of the molecule is C=CCn1c(N2CCNCC2)nc2c1c(=O)n(CC(=O)c1ccccc1)c(=O)n2C.O=C(O)C(F)(F)F. The number of nitrogens with zero attached hydrogens (tertiary/aromatic N) is 5. The number of benzene rings is 1. The van der Waals surface area contributed by atoms with E-state index in [2.05, 4.69) is 21.8 Å². The van der Waals surface area contributed by atoms with Crippen molar-refractivity contribution in [2.24, 2.45) is 7.05 Å². The molecule has 3 heterocycles. The lowest BCUT2D eigenvalue weighted by Gasteiger charge is -2.28. The number of halogens is 3. The predicted molar refractivity (Wildman–Crippen MR) is 129 cm³/mol. The number of nitrogens with one attached hydrogen (secondary N) is 1. The molecular formula is C23H25F3N6O5. The molecule has 1 aliphatic rings. The molecule has 0 radical (unpaired) electrons. The smallest absolute Gasteiger partial charge is 0.475 e. The Morgan fingerprint density at radius 1 is 1.14 bits per heavy atom. The second-order valence-corrected chi connectivity index (χ2v) is 8.05. The van der Waals surface area contributed by atoms with Crippen LogP contribution in [0.5, 0.6) is 0 Å². The van der Waals surface area contributed by atoms with E-state index in [0.29, 0.717) is 29.2 Å². The number of hydrogen-bond acceptors (Lipinski definition) is 7. The second kappa shape index (κ2) is 11.2. The number of anilines is 1. The Balaban J connectivity index is 0.000000479. The third kappa shape index (κ3) is 5.97. The van der Waals surface area contributed by atoms with Crippen molar-refractivity contribution in [3.63, 3.8) is 0 Å². The van der Waals surface area contributed by atoms with Crippen LogP contribution in [0.1, 0.15) is 10.4 Å². The van der Waals surface area contributed by atoms with Crippen LogP contribution >= 0.6 is 0 Å². The molecule has 0 saturated carbocycles. The highest BCUT2D eigenvalue weighted by Crippen LogP contribution is 2.20. The average Bonchev–Trinajstić information content (AvgIpc) is 3.26. The summed E-state index contributed by atoms with van der Waals surface area (Å²) in [5.74, 6) is -2.43. The van der Waals surface area contributed by atoms with E-state index in [1.165, 1.54) is 4.57 Å². The van der Waals surface area contributed by atoms with Crippen molar-refractivity contribution < 1.29 is 27.9 Å². The Labute approximate surface area is 208 Å². The number of carbonyl (C=O) groups is 2. The minimum Gasteiger partial charge on any atom is -0.475 e. The maximum absolute atomic E-state index is 13.3. The monoisotopic (exact) mass is 522 g/mol. The Hall–Kier alpha value is -4.20. The van der Waals surface area contributed by atoms with Crippen LogP contribution in [0.15, 0.2) is 52.6 Å². The molecule has 0 aliphatic carbocycles. The van der Waals surface area contributed by atoms with Crippen molar-refractivity contribution in [1.82, 2.24) is 24.0 Å². The molecule has 0 unspecified atom stereocenters. The molecule has 1 fully saturated rings. The number of fused-ring (bicyclic) bond motifs is 1. The second-order valence-electron chi connectivity index (χ2n) is 8.05. The lowest BCUT2D eigenvalue weighted by atomic mass is 10.1. The first-order valence-corrected chi connectivity index (χ1v) is 11.1. The fourth-order valence-corrected chi connectivity index (χ4v) is 3.77. The number of alkyl halides is 3. The Morgan fingerprint density at radius 3 is 2.27 bits per heavy atom. The quantitative estimate of drug-likeness (QED) is 0.362. The van der Waals surface area contributed by atoms with Crippen LogP contribution in [-0.4, -0.2) is 67.9 Å². The third-order valence-electron chi connectivity index (χ3n) is 5.56. The topological polar surface area (TPSA) is 131 Å². The number of ketones is 1. The van der Waals surface area contributed by atoms with Gasteiger partial charge in [0.1, 0.15) is 0 Å². The number of rotatable bonds is 6. The van der Waals surface area contributed by atoms with Crippen LogP contribution in [0, 0.1) is 0 Å². The van der Waals surface area contributed by atoms with E-state index in [0.717, 1.165) is 30.7 Å². The molecule has 14 heteroatoms. The summed E-state index contributed by atoms with van der Waals surface area (Å²) >= 11 is 0. The van der Waals surface area contributed by atoms with E-state index in [1.807, 2.05) is 0 Å². The number of carbonyl (C=O) groups excluding carboxylic acids is 1. The number of aliphatic carboxylic acids is 1. The summed E-state index contributed by atoms with van der Waals surface area (Å²) < 4.78 is 35.8. The zero-order chi connectivity index (χ0) is 27.3. The lowest BCUT2D eigenvalue weighted by molar-refractivity contribution is -0.192. The molecule has 1 saturated heterocycles. The first kappa shape index (κ1) is 27.4. The van der Waals surface area contributed by atoms with Crippen LogP contribution in [0.25, 0.3) is 11.2 Å². The summed E-state index contributed by atoms with van der Waals surface area (Å²) in [4.78, 5) is 54.5. The van der Waals surface area contributed by atoms with Crippen molar-refractivity contribution in [1.29, 1.82) is 0 Å². The summed E-state index contributed by atoms with van der Waals surface area (Å²) in [6, 6.07) is 8.63. The van der Waals surface area contributed by atoms with Crippen molar-refractivity contribution in [2.75, 3.05) is 31.1 Å². The zero-order valence-electron chi connectivity index (χ0n) is 19.9. The molecule has 0 atom stereocenters. The van der Waals surface area contributed by atoms with Gasteiger partial charge >= 0.3 is 17.8 Å². The normalized spacial score (nSPS) is 13.7. The van der Waals surface area contributed by atoms with Gasteiger partial charge in [-0.3, -0.25) is 18.7 Å². The third-order valence-corrected chi connectivity index (χ3v) is 5.56. The van der Waals surface area contributed by atoms with Crippen molar-refractivity contribution in [3.05, 3.63) is 69.4 Å². The van der Waals surface area contributed by atoms with E-state index in [1.54, 1.807) is 48.0 Å². The molecule has 198 valence electrons. The molecule has 3 aromatic rings. The predicted octanol–water partition coefficient (Wildman–Crippen LogP) is 1.01. The standard InChI is InChI=1S/C21H24N6O3.C2HF3O2/c1-3-11-26-17-18(23-20(26)25-12-9-22-10-13-25)24(2)21(30)27(19(17)29)14-16(28)15-7-5-4-6-8-15;3-2(4,5)1(6)7/h3-8,22H,1,9-14H2,2H3;(H,6,7). The molecule has 0 amide bonds. The number of carboxylic acids is 1. The molecule has 37 heavy (non-hydrogen) atoms. The van der Waals surface area contributed by atoms with Crippen molar-refractivity contribution in [2.45, 2.75) is 19.3 Å². The van der Waals surface area contributed by atoms with E-state index < -0.39 is 23.4 Å². The number of hydrogen-bond donors (Lipinski definition) is 2. The molecule has 4 rings (SSSR count). The number of carboxylic acid groups (broad SMARTS) is 1. The van der Waals surface area contributed by atoms with Crippen molar-refractivity contribution in [3.8, 4) is 0 Å². The Bertz CT molecular complexity index is 1420. The highest BCUT2D eigenvalue weighted by Gasteiger charge is 2.38. The van der Waals surface area contributed by atoms with Gasteiger partial charge in [-0.1, -0.05) is 36.4 Å². The maximum Gasteiger partial charge on any atom is 0.490 e. The van der Waals surface area contributed by atoms with Gasteiger partial charge in [-0.25, -0.2) is 9.59 Å². The molecule has 2 N–H and O–H groups in total.